The van der Waals surface area contributed by atoms with E-state index in [9.17, 15) is 19.2 Å². The van der Waals surface area contributed by atoms with Gasteiger partial charge in [-0.1, -0.05) is 51.2 Å². The predicted molar refractivity (Wildman–Crippen MR) is 140 cm³/mol. The minimum atomic E-state index is -0.751. The first-order valence-corrected chi connectivity index (χ1v) is 13.7. The molecule has 0 spiro atoms. The van der Waals surface area contributed by atoms with Crippen LogP contribution in [0.3, 0.4) is 0 Å². The highest BCUT2D eigenvalue weighted by atomic mass is 79.9. The van der Waals surface area contributed by atoms with Crippen LogP contribution in [0.15, 0.2) is 62.8 Å². The van der Waals surface area contributed by atoms with Crippen LogP contribution in [-0.4, -0.2) is 41.3 Å². The molecule has 2 aromatic carbocycles. The number of imide groups is 1. The van der Waals surface area contributed by atoms with Crippen molar-refractivity contribution in [1.29, 1.82) is 0 Å². The number of nitrogens with zero attached hydrogens (tertiary/aromatic N) is 2. The summed E-state index contributed by atoms with van der Waals surface area (Å²) in [6.45, 7) is 1.64. The van der Waals surface area contributed by atoms with Crippen LogP contribution in [0.2, 0.25) is 0 Å². The second-order valence-electron chi connectivity index (χ2n) is 8.24. The second-order valence-corrected chi connectivity index (χ2v) is 11.3. The van der Waals surface area contributed by atoms with E-state index in [4.69, 9.17) is 9.47 Å². The molecule has 1 saturated heterocycles. The van der Waals surface area contributed by atoms with E-state index in [2.05, 4.69) is 15.9 Å². The quantitative estimate of drug-likeness (QED) is 0.317. The van der Waals surface area contributed by atoms with Crippen molar-refractivity contribution in [3.63, 3.8) is 0 Å². The maximum Gasteiger partial charge on any atom is 0.326 e. The Morgan fingerprint density at radius 2 is 1.83 bits per heavy atom. The van der Waals surface area contributed by atoms with Crippen LogP contribution in [0.25, 0.3) is 0 Å². The molecule has 1 aromatic heterocycles. The van der Waals surface area contributed by atoms with E-state index in [0.29, 0.717) is 21.3 Å². The molecular weight excluding hydrogens is 568 g/mol. The monoisotopic (exact) mass is 588 g/mol. The number of rotatable bonds is 6. The van der Waals surface area contributed by atoms with Crippen molar-refractivity contribution in [3.05, 3.63) is 73.1 Å². The van der Waals surface area contributed by atoms with Gasteiger partial charge in [-0.2, -0.15) is 0 Å². The van der Waals surface area contributed by atoms with Gasteiger partial charge < -0.3 is 9.47 Å². The summed E-state index contributed by atoms with van der Waals surface area (Å²) >= 11 is 5.67. The van der Waals surface area contributed by atoms with Crippen molar-refractivity contribution < 1.29 is 23.9 Å². The molecule has 3 heterocycles. The van der Waals surface area contributed by atoms with Crippen LogP contribution < -0.4 is 14.5 Å². The third-order valence-electron chi connectivity index (χ3n) is 6.18. The van der Waals surface area contributed by atoms with Crippen molar-refractivity contribution in [2.75, 3.05) is 18.6 Å². The van der Waals surface area contributed by atoms with Crippen LogP contribution in [0, 0.1) is 5.92 Å². The van der Waals surface area contributed by atoms with E-state index in [-0.39, 0.29) is 29.8 Å². The van der Waals surface area contributed by atoms with Gasteiger partial charge in [0.15, 0.2) is 0 Å². The summed E-state index contributed by atoms with van der Waals surface area (Å²) in [5.74, 6) is -1.83. The number of thioether (sulfide) groups is 1. The molecular formula is C25H21BrN2O6S2. The molecule has 186 valence electrons. The Hall–Kier alpha value is -2.89. The summed E-state index contributed by atoms with van der Waals surface area (Å²) in [7, 11) is 1.54. The average molecular weight is 589 g/mol. The normalized spacial score (nSPS) is 20.8. The van der Waals surface area contributed by atoms with Gasteiger partial charge in [-0.15, -0.1) is 0 Å². The number of hydrogen-bond donors (Lipinski definition) is 0. The average Bonchev–Trinajstić information content (AvgIpc) is 3.30. The Bertz CT molecular complexity index is 1420. The molecule has 1 fully saturated rings. The third-order valence-corrected chi connectivity index (χ3v) is 9.28. The topological polar surface area (TPSA) is 94.9 Å². The van der Waals surface area contributed by atoms with E-state index in [1.807, 2.05) is 24.3 Å². The molecule has 2 aliphatic heterocycles. The number of benzene rings is 2. The number of ether oxygens (including phenoxy) is 2. The molecule has 11 heteroatoms. The number of carbonyl (C=O) groups is 3. The highest BCUT2D eigenvalue weighted by molar-refractivity contribution is 9.10. The highest BCUT2D eigenvalue weighted by Crippen LogP contribution is 2.54. The fraction of sp³-hybridized carbons (Fsp3) is 0.280. The Morgan fingerprint density at radius 3 is 2.50 bits per heavy atom. The van der Waals surface area contributed by atoms with Gasteiger partial charge in [-0.25, -0.2) is 4.90 Å². The molecule has 36 heavy (non-hydrogen) atoms. The molecule has 0 saturated carbocycles. The van der Waals surface area contributed by atoms with Crippen molar-refractivity contribution in [3.8, 4) is 5.75 Å². The van der Waals surface area contributed by atoms with Crippen LogP contribution in [-0.2, 0) is 25.7 Å². The summed E-state index contributed by atoms with van der Waals surface area (Å²) in [5.41, 5.74) is 1.27. The summed E-state index contributed by atoms with van der Waals surface area (Å²) < 4.78 is 12.4. The Kier molecular flexibility index (Phi) is 6.80. The maximum atomic E-state index is 13.8. The zero-order chi connectivity index (χ0) is 25.6. The molecule has 0 aliphatic carbocycles. The fourth-order valence-electron chi connectivity index (χ4n) is 4.64. The smallest absolute Gasteiger partial charge is 0.326 e. The van der Waals surface area contributed by atoms with Crippen LogP contribution in [0.4, 0.5) is 5.69 Å². The van der Waals surface area contributed by atoms with Crippen molar-refractivity contribution in [2.24, 2.45) is 5.92 Å². The van der Waals surface area contributed by atoms with Crippen LogP contribution >= 0.6 is 39.0 Å². The standard InChI is InChI=1S/C25H21BrN2O6S2/c1-3-34-17(29)12-27-24-21(36-25(27)32)18(13-5-4-6-14(26)11-13)19-20(35-24)23(31)28(22(19)30)15-7-9-16(33-2)10-8-15/h4-11,18-20H,3,12H2,1-2H3. The van der Waals surface area contributed by atoms with Gasteiger partial charge in [0.25, 0.3) is 0 Å². The van der Waals surface area contributed by atoms with Gasteiger partial charge >= 0.3 is 10.8 Å². The maximum absolute atomic E-state index is 13.8. The van der Waals surface area contributed by atoms with Crippen LogP contribution in [0.5, 0.6) is 5.75 Å². The first kappa shape index (κ1) is 24.8. The van der Waals surface area contributed by atoms with Crippen molar-refractivity contribution >= 4 is 62.5 Å². The summed E-state index contributed by atoms with van der Waals surface area (Å²) in [6.07, 6.45) is 0. The molecule has 8 nitrogen and oxygen atoms in total. The van der Waals surface area contributed by atoms with E-state index in [1.165, 1.54) is 21.2 Å². The van der Waals surface area contributed by atoms with Crippen molar-refractivity contribution in [2.45, 2.75) is 29.7 Å². The SMILES string of the molecule is CCOC(=O)Cn1c2c(sc1=O)C(c1cccc(Br)c1)C1C(=O)N(c3ccc(OC)cc3)C(=O)C1S2. The van der Waals surface area contributed by atoms with Gasteiger partial charge in [-0.05, 0) is 48.9 Å². The first-order chi connectivity index (χ1) is 17.3. The number of methoxy groups -OCH3 is 1. The van der Waals surface area contributed by atoms with Gasteiger partial charge in [0.2, 0.25) is 11.8 Å². The highest BCUT2D eigenvalue weighted by Gasteiger charge is 2.56. The van der Waals surface area contributed by atoms with Gasteiger partial charge in [0.1, 0.15) is 17.5 Å². The van der Waals surface area contributed by atoms with Gasteiger partial charge in [0.05, 0.1) is 30.3 Å². The van der Waals surface area contributed by atoms with Crippen LogP contribution in [0.1, 0.15) is 23.3 Å². The van der Waals surface area contributed by atoms with E-state index in [0.717, 1.165) is 21.4 Å². The molecule has 5 rings (SSSR count). The van der Waals surface area contributed by atoms with E-state index < -0.39 is 23.1 Å². The lowest BCUT2D eigenvalue weighted by Crippen LogP contribution is -2.32. The molecule has 3 aromatic rings. The summed E-state index contributed by atoms with van der Waals surface area (Å²) in [4.78, 5) is 54.3. The van der Waals surface area contributed by atoms with E-state index in [1.54, 1.807) is 38.3 Å². The lowest BCUT2D eigenvalue weighted by Gasteiger charge is -2.30. The Balaban J connectivity index is 1.63. The molecule has 0 N–H and O–H groups in total. The van der Waals surface area contributed by atoms with Gasteiger partial charge in [-0.3, -0.25) is 23.7 Å². The number of halogens is 1. The largest absolute Gasteiger partial charge is 0.497 e. The number of hydrogen-bond acceptors (Lipinski definition) is 8. The Labute approximate surface area is 223 Å². The molecule has 3 atom stereocenters. The minimum Gasteiger partial charge on any atom is -0.497 e. The number of amides is 2. The number of fused-ring (bicyclic) bond motifs is 2. The number of thiazole rings is 1. The minimum absolute atomic E-state index is 0.197. The lowest BCUT2D eigenvalue weighted by atomic mass is 9.83. The van der Waals surface area contributed by atoms with Crippen molar-refractivity contribution in [1.82, 2.24) is 4.57 Å². The number of carbonyl (C=O) groups excluding carboxylic acids is 3. The molecule has 0 radical (unpaired) electrons. The van der Waals surface area contributed by atoms with Gasteiger partial charge in [0, 0.05) is 15.3 Å². The molecule has 2 amide bonds. The molecule has 2 aliphatic rings. The fourth-order valence-corrected chi connectivity index (χ4v) is 7.83. The first-order valence-electron chi connectivity index (χ1n) is 11.2. The molecule has 3 unspecified atom stereocenters. The summed E-state index contributed by atoms with van der Waals surface area (Å²) in [6, 6.07) is 14.3. The third kappa shape index (κ3) is 4.18. The lowest BCUT2D eigenvalue weighted by molar-refractivity contribution is -0.144. The number of anilines is 1. The number of aromatic nitrogens is 1. The zero-order valence-electron chi connectivity index (χ0n) is 19.3. The zero-order valence-corrected chi connectivity index (χ0v) is 22.5. The Morgan fingerprint density at radius 1 is 1.08 bits per heavy atom. The number of esters is 1. The second kappa shape index (κ2) is 9.87. The van der Waals surface area contributed by atoms with E-state index >= 15 is 0 Å². The predicted octanol–water partition coefficient (Wildman–Crippen LogP) is 4.04. The summed E-state index contributed by atoms with van der Waals surface area (Å²) in [5, 5.41) is -0.222. The molecule has 0 bridgehead atoms.